The molecule has 0 aromatic heterocycles. The molecule has 0 unspecified atom stereocenters. The minimum absolute atomic E-state index is 0.0958. The van der Waals surface area contributed by atoms with Crippen LogP contribution in [0.1, 0.15) is 31.2 Å². The Labute approximate surface area is 158 Å². The number of esters is 1. The molecule has 2 amide bonds. The number of benzene rings is 1. The highest BCUT2D eigenvalue weighted by Gasteiger charge is 2.47. The van der Waals surface area contributed by atoms with Gasteiger partial charge in [-0.1, -0.05) is 48.0 Å². The Morgan fingerprint density at radius 1 is 1.12 bits per heavy atom. The molecule has 138 valence electrons. The molecule has 2 aliphatic rings. The topological polar surface area (TPSA) is 63.7 Å². The molecule has 26 heavy (non-hydrogen) atoms. The van der Waals surface area contributed by atoms with E-state index in [1.165, 1.54) is 4.90 Å². The lowest BCUT2D eigenvalue weighted by Gasteiger charge is -2.17. The van der Waals surface area contributed by atoms with E-state index in [0.717, 1.165) is 5.56 Å². The average Bonchev–Trinajstić information content (AvgIpc) is 2.86. The van der Waals surface area contributed by atoms with E-state index in [1.54, 1.807) is 0 Å². The van der Waals surface area contributed by atoms with Gasteiger partial charge in [-0.3, -0.25) is 19.3 Å². The fourth-order valence-corrected chi connectivity index (χ4v) is 3.74. The second-order valence-corrected chi connectivity index (χ2v) is 7.21. The molecule has 0 radical (unpaired) electrons. The van der Waals surface area contributed by atoms with Crippen molar-refractivity contribution in [2.45, 2.75) is 32.1 Å². The first-order chi connectivity index (χ1) is 12.6. The van der Waals surface area contributed by atoms with Crippen molar-refractivity contribution < 1.29 is 19.1 Å². The quantitative estimate of drug-likeness (QED) is 0.417. The first kappa shape index (κ1) is 18.6. The average molecular weight is 376 g/mol. The van der Waals surface area contributed by atoms with Crippen molar-refractivity contribution in [2.24, 2.45) is 11.8 Å². The minimum atomic E-state index is -0.302. The standard InChI is InChI=1S/C20H22ClNO4/c21-15-8-9-16-17(13-15)20(25)22(19(16)24)10-4-5-11-26-18(23)12-14-6-2-1-3-7-14/h1-3,6-8,16-17H,4-5,9-13H2/t16-,17-/m1/s1. The van der Waals surface area contributed by atoms with E-state index < -0.39 is 0 Å². The molecule has 1 aromatic rings. The third-order valence-corrected chi connectivity index (χ3v) is 5.20. The molecule has 0 saturated carbocycles. The molecule has 1 aliphatic carbocycles. The van der Waals surface area contributed by atoms with Crippen LogP contribution in [0.15, 0.2) is 41.4 Å². The summed E-state index contributed by atoms with van der Waals surface area (Å²) < 4.78 is 5.22. The van der Waals surface area contributed by atoms with E-state index in [9.17, 15) is 14.4 Å². The van der Waals surface area contributed by atoms with Crippen LogP contribution < -0.4 is 0 Å². The van der Waals surface area contributed by atoms with Gasteiger partial charge in [0, 0.05) is 11.6 Å². The van der Waals surface area contributed by atoms with Crippen molar-refractivity contribution in [3.05, 3.63) is 47.0 Å². The normalized spacial score (nSPS) is 22.2. The predicted molar refractivity (Wildman–Crippen MR) is 97.2 cm³/mol. The van der Waals surface area contributed by atoms with Gasteiger partial charge in [-0.25, -0.2) is 0 Å². The van der Waals surface area contributed by atoms with Crippen LogP contribution >= 0.6 is 11.6 Å². The lowest BCUT2D eigenvalue weighted by atomic mass is 9.85. The molecule has 1 aromatic carbocycles. The third kappa shape index (κ3) is 4.33. The monoisotopic (exact) mass is 375 g/mol. The lowest BCUT2D eigenvalue weighted by molar-refractivity contribution is -0.144. The summed E-state index contributed by atoms with van der Waals surface area (Å²) >= 11 is 6.01. The number of halogens is 1. The number of nitrogens with zero attached hydrogens (tertiary/aromatic N) is 1. The summed E-state index contributed by atoms with van der Waals surface area (Å²) in [6.45, 7) is 0.667. The summed E-state index contributed by atoms with van der Waals surface area (Å²) in [6.07, 6.45) is 4.33. The summed E-state index contributed by atoms with van der Waals surface area (Å²) in [5.74, 6) is -1.04. The van der Waals surface area contributed by atoms with Crippen molar-refractivity contribution >= 4 is 29.4 Å². The molecular weight excluding hydrogens is 354 g/mol. The van der Waals surface area contributed by atoms with E-state index >= 15 is 0 Å². The largest absolute Gasteiger partial charge is 0.465 e. The van der Waals surface area contributed by atoms with Crippen LogP contribution in [-0.2, 0) is 25.5 Å². The van der Waals surface area contributed by atoms with Gasteiger partial charge in [-0.05, 0) is 31.2 Å². The highest BCUT2D eigenvalue weighted by molar-refractivity contribution is 6.30. The molecule has 1 fully saturated rings. The summed E-state index contributed by atoms with van der Waals surface area (Å²) in [5, 5.41) is 0.666. The smallest absolute Gasteiger partial charge is 0.310 e. The number of ether oxygens (including phenoxy) is 1. The highest BCUT2D eigenvalue weighted by Crippen LogP contribution is 2.38. The van der Waals surface area contributed by atoms with Crippen LogP contribution in [0.4, 0.5) is 0 Å². The Morgan fingerprint density at radius 2 is 1.85 bits per heavy atom. The summed E-state index contributed by atoms with van der Waals surface area (Å²) in [5.41, 5.74) is 0.917. The van der Waals surface area contributed by atoms with Crippen LogP contribution in [0.2, 0.25) is 0 Å². The summed E-state index contributed by atoms with van der Waals surface area (Å²) in [7, 11) is 0. The number of unbranched alkanes of at least 4 members (excludes halogenated alkanes) is 1. The second-order valence-electron chi connectivity index (χ2n) is 6.72. The molecule has 2 atom stereocenters. The van der Waals surface area contributed by atoms with Crippen molar-refractivity contribution in [2.75, 3.05) is 13.2 Å². The van der Waals surface area contributed by atoms with E-state index in [0.29, 0.717) is 43.9 Å². The zero-order chi connectivity index (χ0) is 18.5. The maximum absolute atomic E-state index is 12.4. The van der Waals surface area contributed by atoms with E-state index in [2.05, 4.69) is 0 Å². The number of fused-ring (bicyclic) bond motifs is 1. The van der Waals surface area contributed by atoms with Gasteiger partial charge in [0.2, 0.25) is 11.8 Å². The molecule has 0 spiro atoms. The van der Waals surface area contributed by atoms with Crippen molar-refractivity contribution in [1.82, 2.24) is 4.90 Å². The number of imide groups is 1. The molecular formula is C20H22ClNO4. The van der Waals surface area contributed by atoms with Crippen molar-refractivity contribution in [3.63, 3.8) is 0 Å². The van der Waals surface area contributed by atoms with E-state index in [1.807, 2.05) is 36.4 Å². The molecule has 3 rings (SSSR count). The van der Waals surface area contributed by atoms with Gasteiger partial charge in [-0.2, -0.15) is 0 Å². The first-order valence-electron chi connectivity index (χ1n) is 8.95. The fourth-order valence-electron chi connectivity index (χ4n) is 3.49. The number of hydrogen-bond acceptors (Lipinski definition) is 4. The highest BCUT2D eigenvalue weighted by atomic mass is 35.5. The maximum atomic E-state index is 12.4. The molecule has 5 nitrogen and oxygen atoms in total. The third-order valence-electron chi connectivity index (χ3n) is 4.89. The van der Waals surface area contributed by atoms with Crippen LogP contribution in [-0.4, -0.2) is 35.8 Å². The van der Waals surface area contributed by atoms with Crippen LogP contribution in [0, 0.1) is 11.8 Å². The minimum Gasteiger partial charge on any atom is -0.465 e. The Morgan fingerprint density at radius 3 is 2.62 bits per heavy atom. The first-order valence-corrected chi connectivity index (χ1v) is 9.33. The molecule has 0 N–H and O–H groups in total. The number of carbonyl (C=O) groups excluding carboxylic acids is 3. The number of rotatable bonds is 7. The Bertz CT molecular complexity index is 716. The number of carbonyl (C=O) groups is 3. The fraction of sp³-hybridized carbons (Fsp3) is 0.450. The lowest BCUT2D eigenvalue weighted by Crippen LogP contribution is -2.32. The number of allylic oxidation sites excluding steroid dienone is 2. The van der Waals surface area contributed by atoms with Crippen LogP contribution in [0.5, 0.6) is 0 Å². The van der Waals surface area contributed by atoms with Crippen molar-refractivity contribution in [3.8, 4) is 0 Å². The van der Waals surface area contributed by atoms with Crippen LogP contribution in [0.25, 0.3) is 0 Å². The maximum Gasteiger partial charge on any atom is 0.310 e. The molecule has 6 heteroatoms. The molecule has 1 aliphatic heterocycles. The zero-order valence-electron chi connectivity index (χ0n) is 14.5. The number of amides is 2. The Kier molecular flexibility index (Phi) is 6.09. The predicted octanol–water partition coefficient (Wildman–Crippen LogP) is 3.07. The Balaban J connectivity index is 1.37. The van der Waals surface area contributed by atoms with Crippen molar-refractivity contribution in [1.29, 1.82) is 0 Å². The van der Waals surface area contributed by atoms with Gasteiger partial charge < -0.3 is 4.74 Å². The molecule has 1 heterocycles. The second kappa shape index (κ2) is 8.49. The molecule has 0 bridgehead atoms. The summed E-state index contributed by atoms with van der Waals surface area (Å²) in [6, 6.07) is 9.43. The van der Waals surface area contributed by atoms with Gasteiger partial charge in [0.25, 0.3) is 0 Å². The van der Waals surface area contributed by atoms with Gasteiger partial charge >= 0.3 is 5.97 Å². The van der Waals surface area contributed by atoms with E-state index in [-0.39, 0.29) is 36.0 Å². The van der Waals surface area contributed by atoms with Gasteiger partial charge in [-0.15, -0.1) is 0 Å². The van der Waals surface area contributed by atoms with Gasteiger partial charge in [0.05, 0.1) is 24.9 Å². The SMILES string of the molecule is O=C(Cc1ccccc1)OCCCCN1C(=O)[C@@H]2CC=C(Cl)C[C@H]2C1=O. The zero-order valence-corrected chi connectivity index (χ0v) is 15.3. The molecule has 1 saturated heterocycles. The number of hydrogen-bond donors (Lipinski definition) is 0. The van der Waals surface area contributed by atoms with Crippen LogP contribution in [0.3, 0.4) is 0 Å². The van der Waals surface area contributed by atoms with Gasteiger partial charge in [0.1, 0.15) is 0 Å². The Hall–Kier alpha value is -2.14. The van der Waals surface area contributed by atoms with Gasteiger partial charge in [0.15, 0.2) is 0 Å². The van der Waals surface area contributed by atoms with E-state index in [4.69, 9.17) is 16.3 Å². The number of likely N-dealkylation sites (tertiary alicyclic amines) is 1. The summed E-state index contributed by atoms with van der Waals surface area (Å²) in [4.78, 5) is 37.9.